The zero-order valence-electron chi connectivity index (χ0n) is 16.0. The number of aliphatic hydroxyl groups excluding tert-OH is 2. The van der Waals surface area contributed by atoms with Gasteiger partial charge in [0.25, 0.3) is 0 Å². The molecule has 0 aliphatic carbocycles. The number of ether oxygens (including phenoxy) is 6. The van der Waals surface area contributed by atoms with Gasteiger partial charge < -0.3 is 38.6 Å². The van der Waals surface area contributed by atoms with E-state index in [0.717, 1.165) is 19.4 Å². The second-order valence-electron chi connectivity index (χ2n) is 4.86. The first-order valence-corrected chi connectivity index (χ1v) is 8.92. The molecular formula is C17H38O8. The molecule has 0 rings (SSSR count). The highest BCUT2D eigenvalue weighted by Gasteiger charge is 1.90. The monoisotopic (exact) mass is 370 g/mol. The molecule has 0 unspecified atom stereocenters. The Kier molecular flexibility index (Phi) is 30.7. The smallest absolute Gasteiger partial charge is 0.0701 e. The number of methoxy groups -OCH3 is 1. The molecule has 0 heterocycles. The van der Waals surface area contributed by atoms with Crippen LogP contribution < -0.4 is 0 Å². The van der Waals surface area contributed by atoms with E-state index in [-0.39, 0.29) is 13.2 Å². The Balaban J connectivity index is 0. The lowest BCUT2D eigenvalue weighted by Crippen LogP contribution is -2.11. The van der Waals surface area contributed by atoms with E-state index in [0.29, 0.717) is 66.1 Å². The third kappa shape index (κ3) is 31.9. The molecule has 2 N–H and O–H groups in total. The fourth-order valence-corrected chi connectivity index (χ4v) is 1.38. The van der Waals surface area contributed by atoms with Crippen LogP contribution in [-0.4, -0.2) is 103 Å². The van der Waals surface area contributed by atoms with E-state index in [9.17, 15) is 0 Å². The van der Waals surface area contributed by atoms with Gasteiger partial charge in [-0.3, -0.25) is 0 Å². The molecule has 0 saturated carbocycles. The maximum atomic E-state index is 8.40. The van der Waals surface area contributed by atoms with Gasteiger partial charge >= 0.3 is 0 Å². The summed E-state index contributed by atoms with van der Waals surface area (Å²) >= 11 is 0. The van der Waals surface area contributed by atoms with Crippen LogP contribution in [0.4, 0.5) is 0 Å². The fraction of sp³-hybridized carbons (Fsp3) is 1.00. The van der Waals surface area contributed by atoms with Gasteiger partial charge in [0.1, 0.15) is 0 Å². The summed E-state index contributed by atoms with van der Waals surface area (Å²) in [5.74, 6) is 0. The molecular weight excluding hydrogens is 332 g/mol. The summed E-state index contributed by atoms with van der Waals surface area (Å²) in [6.07, 6.45) is 2.27. The van der Waals surface area contributed by atoms with Crippen molar-refractivity contribution in [3.63, 3.8) is 0 Å². The molecule has 0 aromatic carbocycles. The minimum absolute atomic E-state index is 0.0675. The molecule has 0 amide bonds. The van der Waals surface area contributed by atoms with Gasteiger partial charge in [-0.25, -0.2) is 0 Å². The van der Waals surface area contributed by atoms with Crippen molar-refractivity contribution in [2.24, 2.45) is 0 Å². The summed E-state index contributed by atoms with van der Waals surface area (Å²) in [7, 11) is 1.63. The summed E-state index contributed by atoms with van der Waals surface area (Å²) in [5.41, 5.74) is 0. The Morgan fingerprint density at radius 2 is 0.880 bits per heavy atom. The van der Waals surface area contributed by atoms with Crippen molar-refractivity contribution in [3.05, 3.63) is 0 Å². The summed E-state index contributed by atoms with van der Waals surface area (Å²) in [6, 6.07) is 0. The van der Waals surface area contributed by atoms with Crippen LogP contribution >= 0.6 is 0 Å². The third-order valence-electron chi connectivity index (χ3n) is 2.66. The topological polar surface area (TPSA) is 95.8 Å². The van der Waals surface area contributed by atoms with E-state index in [4.69, 9.17) is 38.6 Å². The van der Waals surface area contributed by atoms with Crippen LogP contribution in [0.15, 0.2) is 0 Å². The van der Waals surface area contributed by atoms with Gasteiger partial charge in [0.05, 0.1) is 79.3 Å². The molecule has 25 heavy (non-hydrogen) atoms. The molecule has 0 aromatic rings. The molecule has 0 radical (unpaired) electrons. The first-order chi connectivity index (χ1) is 12.3. The van der Waals surface area contributed by atoms with Crippen molar-refractivity contribution in [1.82, 2.24) is 0 Å². The Morgan fingerprint density at radius 3 is 1.24 bits per heavy atom. The minimum Gasteiger partial charge on any atom is -0.394 e. The lowest BCUT2D eigenvalue weighted by molar-refractivity contribution is 0.00735. The van der Waals surface area contributed by atoms with Crippen LogP contribution in [0.3, 0.4) is 0 Å². The van der Waals surface area contributed by atoms with Crippen molar-refractivity contribution in [1.29, 1.82) is 0 Å². The van der Waals surface area contributed by atoms with Crippen molar-refractivity contribution in [2.75, 3.05) is 93.0 Å². The molecule has 0 bridgehead atoms. The van der Waals surface area contributed by atoms with Crippen molar-refractivity contribution >= 4 is 0 Å². The molecule has 0 atom stereocenters. The predicted octanol–water partition coefficient (Wildman–Crippen LogP) is 0.487. The van der Waals surface area contributed by atoms with E-state index >= 15 is 0 Å². The summed E-state index contributed by atoms with van der Waals surface area (Å²) in [6.45, 7) is 8.53. The number of hydrogen-bond donors (Lipinski definition) is 2. The second kappa shape index (κ2) is 28.5. The standard InChI is InChI=1S/C10H22O4.C7H16O4/c1-2-3-5-12-7-9-14-10-8-13-6-4-11;1-9-4-5-11-7-6-10-3-2-8/h11H,2-10H2,1H3;8H,2-7H2,1H3. The molecule has 8 heteroatoms. The average molecular weight is 370 g/mol. The lowest BCUT2D eigenvalue weighted by Gasteiger charge is -2.05. The van der Waals surface area contributed by atoms with Crippen LogP contribution in [0.2, 0.25) is 0 Å². The first kappa shape index (κ1) is 26.9. The van der Waals surface area contributed by atoms with Crippen molar-refractivity contribution < 1.29 is 38.6 Å². The zero-order chi connectivity index (χ0) is 18.8. The summed E-state index contributed by atoms with van der Waals surface area (Å²) in [5, 5.41) is 16.7. The van der Waals surface area contributed by atoms with Gasteiger partial charge in [0, 0.05) is 13.7 Å². The van der Waals surface area contributed by atoms with E-state index in [1.807, 2.05) is 0 Å². The van der Waals surface area contributed by atoms with E-state index in [2.05, 4.69) is 6.92 Å². The van der Waals surface area contributed by atoms with Gasteiger partial charge in [0.15, 0.2) is 0 Å². The van der Waals surface area contributed by atoms with E-state index in [1.165, 1.54) is 0 Å². The van der Waals surface area contributed by atoms with Gasteiger partial charge in [-0.15, -0.1) is 0 Å². The Hall–Kier alpha value is -0.320. The van der Waals surface area contributed by atoms with E-state index in [1.54, 1.807) is 7.11 Å². The molecule has 8 nitrogen and oxygen atoms in total. The Bertz CT molecular complexity index is 187. The Morgan fingerprint density at radius 1 is 0.520 bits per heavy atom. The van der Waals surface area contributed by atoms with Gasteiger partial charge in [-0.1, -0.05) is 13.3 Å². The van der Waals surface area contributed by atoms with Crippen molar-refractivity contribution in [2.45, 2.75) is 19.8 Å². The van der Waals surface area contributed by atoms with Gasteiger partial charge in [-0.2, -0.15) is 0 Å². The largest absolute Gasteiger partial charge is 0.394 e. The quantitative estimate of drug-likeness (QED) is 0.317. The normalized spacial score (nSPS) is 10.6. The highest BCUT2D eigenvalue weighted by molar-refractivity contribution is 4.35. The fourth-order valence-electron chi connectivity index (χ4n) is 1.38. The molecule has 154 valence electrons. The molecule has 0 saturated heterocycles. The molecule has 0 fully saturated rings. The number of hydrogen-bond acceptors (Lipinski definition) is 8. The number of unbranched alkanes of at least 4 members (excludes halogenated alkanes) is 1. The highest BCUT2D eigenvalue weighted by atomic mass is 16.5. The van der Waals surface area contributed by atoms with Crippen molar-refractivity contribution in [3.8, 4) is 0 Å². The molecule has 0 aliphatic rings. The van der Waals surface area contributed by atoms with Crippen LogP contribution in [0, 0.1) is 0 Å². The SMILES string of the molecule is CCCCOCCOCCOCCO.COCCOCCOCCO. The maximum absolute atomic E-state index is 8.40. The number of aliphatic hydroxyl groups is 2. The summed E-state index contributed by atoms with van der Waals surface area (Å²) in [4.78, 5) is 0. The minimum atomic E-state index is 0.0675. The Labute approximate surface area is 152 Å². The van der Waals surface area contributed by atoms with E-state index < -0.39 is 0 Å². The zero-order valence-corrected chi connectivity index (χ0v) is 16.0. The lowest BCUT2D eigenvalue weighted by atomic mass is 10.4. The average Bonchev–Trinajstić information content (AvgIpc) is 2.63. The predicted molar refractivity (Wildman–Crippen MR) is 95.1 cm³/mol. The van der Waals surface area contributed by atoms with Crippen LogP contribution in [0.25, 0.3) is 0 Å². The highest BCUT2D eigenvalue weighted by Crippen LogP contribution is 1.87. The molecule has 0 aromatic heterocycles. The first-order valence-electron chi connectivity index (χ1n) is 8.92. The van der Waals surface area contributed by atoms with Gasteiger partial charge in [0.2, 0.25) is 0 Å². The summed E-state index contributed by atoms with van der Waals surface area (Å²) < 4.78 is 30.3. The van der Waals surface area contributed by atoms with Crippen LogP contribution in [-0.2, 0) is 28.4 Å². The third-order valence-corrected chi connectivity index (χ3v) is 2.66. The van der Waals surface area contributed by atoms with Crippen LogP contribution in [0.1, 0.15) is 19.8 Å². The molecule has 0 aliphatic heterocycles. The second-order valence-corrected chi connectivity index (χ2v) is 4.86. The van der Waals surface area contributed by atoms with Gasteiger partial charge in [-0.05, 0) is 6.42 Å². The van der Waals surface area contributed by atoms with Crippen LogP contribution in [0.5, 0.6) is 0 Å². The molecule has 0 spiro atoms. The number of rotatable bonds is 19. The maximum Gasteiger partial charge on any atom is 0.0701 e.